The topological polar surface area (TPSA) is 326 Å². The van der Waals surface area contributed by atoms with Gasteiger partial charge in [-0.05, 0) is 0 Å². The normalized spacial score (nSPS) is 54.0. The summed E-state index contributed by atoms with van der Waals surface area (Å²) in [6, 6.07) is 0. The molecule has 5 heterocycles. The molecule has 0 amide bonds. The van der Waals surface area contributed by atoms with Crippen LogP contribution in [0, 0.1) is 0 Å². The SMILES string of the molecule is OC1[C@H](O[C@@H]2CO[C@@H](O[C@@H]3CO[C@H](O[C@@H]4CO[C@H](O[C@@H]5CO[C@@H](O)C(O)[C@H]5O)C(O)[C@H]4O)C(O)[C@H]3O)C(O)[C@H]2O)OC[C@@H](O)[C@@H]1O. The molecule has 0 aromatic heterocycles. The zero-order chi connectivity index (χ0) is 33.4. The highest BCUT2D eigenvalue weighted by Gasteiger charge is 2.50. The Hall–Kier alpha value is -0.840. The van der Waals surface area contributed by atoms with Gasteiger partial charge < -0.3 is 104 Å². The molecule has 5 unspecified atom stereocenters. The molecule has 268 valence electrons. The van der Waals surface area contributed by atoms with Gasteiger partial charge in [0.25, 0.3) is 0 Å². The number of aliphatic hydroxyl groups is 12. The van der Waals surface area contributed by atoms with E-state index in [-0.39, 0.29) is 13.2 Å². The van der Waals surface area contributed by atoms with Gasteiger partial charge in [-0.2, -0.15) is 0 Å². The summed E-state index contributed by atoms with van der Waals surface area (Å²) in [6.07, 6.45) is -30.9. The summed E-state index contributed by atoms with van der Waals surface area (Å²) in [5.41, 5.74) is 0. The van der Waals surface area contributed by atoms with Crippen molar-refractivity contribution in [2.24, 2.45) is 0 Å². The van der Waals surface area contributed by atoms with Crippen LogP contribution in [0.3, 0.4) is 0 Å². The lowest BCUT2D eigenvalue weighted by Crippen LogP contribution is -2.63. The van der Waals surface area contributed by atoms with Crippen molar-refractivity contribution < 1.29 is 104 Å². The molecule has 21 nitrogen and oxygen atoms in total. The van der Waals surface area contributed by atoms with E-state index < -0.39 is 143 Å². The smallest absolute Gasteiger partial charge is 0.186 e. The van der Waals surface area contributed by atoms with Crippen molar-refractivity contribution in [3.8, 4) is 0 Å². The average molecular weight is 679 g/mol. The Morgan fingerprint density at radius 2 is 0.587 bits per heavy atom. The van der Waals surface area contributed by atoms with Gasteiger partial charge in [0.2, 0.25) is 0 Å². The van der Waals surface area contributed by atoms with Crippen LogP contribution in [0.5, 0.6) is 0 Å². The van der Waals surface area contributed by atoms with E-state index in [1.807, 2.05) is 0 Å². The third-order valence-corrected chi connectivity index (χ3v) is 8.45. The summed E-state index contributed by atoms with van der Waals surface area (Å²) in [6.45, 7) is -1.94. The van der Waals surface area contributed by atoms with Gasteiger partial charge in [-0.25, -0.2) is 0 Å². The number of hydrogen-bond acceptors (Lipinski definition) is 21. The van der Waals surface area contributed by atoms with Crippen LogP contribution in [-0.2, 0) is 42.6 Å². The van der Waals surface area contributed by atoms with Crippen LogP contribution in [0.2, 0.25) is 0 Å². The molecule has 0 aromatic carbocycles. The maximum atomic E-state index is 10.7. The van der Waals surface area contributed by atoms with E-state index in [1.165, 1.54) is 0 Å². The van der Waals surface area contributed by atoms with Gasteiger partial charge in [-0.1, -0.05) is 0 Å². The van der Waals surface area contributed by atoms with E-state index in [0.717, 1.165) is 0 Å². The molecular formula is C25H42O21. The second-order valence-electron chi connectivity index (χ2n) is 11.7. The molecule has 5 aliphatic heterocycles. The molecule has 0 radical (unpaired) electrons. The van der Waals surface area contributed by atoms with Gasteiger partial charge in [-0.3, -0.25) is 0 Å². The minimum Gasteiger partial charge on any atom is -0.388 e. The summed E-state index contributed by atoms with van der Waals surface area (Å²) in [5, 5.41) is 122. The molecule has 0 spiro atoms. The van der Waals surface area contributed by atoms with Crippen molar-refractivity contribution in [1.82, 2.24) is 0 Å². The highest BCUT2D eigenvalue weighted by atomic mass is 16.8. The fraction of sp³-hybridized carbons (Fsp3) is 1.00. The van der Waals surface area contributed by atoms with Gasteiger partial charge >= 0.3 is 0 Å². The first kappa shape index (κ1) is 36.4. The predicted octanol–water partition coefficient (Wildman–Crippen LogP) is -8.73. The molecule has 0 aliphatic carbocycles. The monoisotopic (exact) mass is 678 g/mol. The summed E-state index contributed by atoms with van der Waals surface area (Å²) in [4.78, 5) is 0. The fourth-order valence-electron chi connectivity index (χ4n) is 5.51. The lowest BCUT2D eigenvalue weighted by atomic mass is 10.0. The Kier molecular flexibility index (Phi) is 12.2. The Balaban J connectivity index is 1.08. The first-order chi connectivity index (χ1) is 21.8. The van der Waals surface area contributed by atoms with E-state index in [2.05, 4.69) is 0 Å². The number of rotatable bonds is 8. The Morgan fingerprint density at radius 1 is 0.304 bits per heavy atom. The minimum absolute atomic E-state index is 0.349. The molecule has 21 heteroatoms. The lowest BCUT2D eigenvalue weighted by Gasteiger charge is -2.45. The third-order valence-electron chi connectivity index (χ3n) is 8.45. The lowest BCUT2D eigenvalue weighted by molar-refractivity contribution is -0.362. The average Bonchev–Trinajstić information content (AvgIpc) is 3.03. The van der Waals surface area contributed by atoms with Gasteiger partial charge in [0.15, 0.2) is 31.5 Å². The van der Waals surface area contributed by atoms with Gasteiger partial charge in [-0.15, -0.1) is 0 Å². The quantitative estimate of drug-likeness (QED) is 0.113. The van der Waals surface area contributed by atoms with E-state index in [9.17, 15) is 61.3 Å². The molecule has 5 fully saturated rings. The molecule has 0 saturated carbocycles. The molecule has 12 N–H and O–H groups in total. The number of ether oxygens (including phenoxy) is 9. The first-order valence-electron chi connectivity index (χ1n) is 14.6. The van der Waals surface area contributed by atoms with E-state index in [1.54, 1.807) is 0 Å². The van der Waals surface area contributed by atoms with Crippen LogP contribution in [0.4, 0.5) is 0 Å². The second-order valence-corrected chi connectivity index (χ2v) is 11.7. The third kappa shape index (κ3) is 7.65. The summed E-state index contributed by atoms with van der Waals surface area (Å²) >= 11 is 0. The van der Waals surface area contributed by atoms with Crippen molar-refractivity contribution in [2.75, 3.05) is 33.0 Å². The molecule has 20 atom stereocenters. The van der Waals surface area contributed by atoms with Crippen LogP contribution in [-0.4, -0.2) is 217 Å². The van der Waals surface area contributed by atoms with Crippen molar-refractivity contribution in [2.45, 2.75) is 123 Å². The Labute approximate surface area is 260 Å². The van der Waals surface area contributed by atoms with Crippen LogP contribution >= 0.6 is 0 Å². The van der Waals surface area contributed by atoms with Crippen molar-refractivity contribution in [3.05, 3.63) is 0 Å². The van der Waals surface area contributed by atoms with E-state index >= 15 is 0 Å². The zero-order valence-corrected chi connectivity index (χ0v) is 24.1. The highest BCUT2D eigenvalue weighted by molar-refractivity contribution is 4.92. The molecule has 46 heavy (non-hydrogen) atoms. The van der Waals surface area contributed by atoms with Crippen LogP contribution < -0.4 is 0 Å². The van der Waals surface area contributed by atoms with Gasteiger partial charge in [0, 0.05) is 0 Å². The van der Waals surface area contributed by atoms with E-state index in [4.69, 9.17) is 42.6 Å². The molecule has 0 bridgehead atoms. The molecule has 5 aliphatic rings. The molecule has 0 aromatic rings. The molecular weight excluding hydrogens is 636 g/mol. The van der Waals surface area contributed by atoms with Crippen LogP contribution in [0.15, 0.2) is 0 Å². The maximum Gasteiger partial charge on any atom is 0.186 e. The van der Waals surface area contributed by atoms with E-state index in [0.29, 0.717) is 0 Å². The van der Waals surface area contributed by atoms with Crippen molar-refractivity contribution in [3.63, 3.8) is 0 Å². The predicted molar refractivity (Wildman–Crippen MR) is 136 cm³/mol. The summed E-state index contributed by atoms with van der Waals surface area (Å²) < 4.78 is 48.2. The molecule has 5 saturated heterocycles. The molecule has 5 rings (SSSR count). The highest BCUT2D eigenvalue weighted by Crippen LogP contribution is 2.30. The number of hydrogen-bond donors (Lipinski definition) is 12. The number of aliphatic hydroxyl groups excluding tert-OH is 12. The Morgan fingerprint density at radius 3 is 0.957 bits per heavy atom. The van der Waals surface area contributed by atoms with Crippen molar-refractivity contribution >= 4 is 0 Å². The Bertz CT molecular complexity index is 891. The largest absolute Gasteiger partial charge is 0.388 e. The van der Waals surface area contributed by atoms with Crippen LogP contribution in [0.25, 0.3) is 0 Å². The van der Waals surface area contributed by atoms with Crippen molar-refractivity contribution in [1.29, 1.82) is 0 Å². The standard InChI is InChI=1S/C25H42O21/c26-6-1-39-22(17(33)11(6)27)44-8-3-41-24(19(35)13(8)29)46-10-5-42-25(20(36)15(10)31)45-9-4-40-23(18(34)14(9)30)43-7-2-38-21(37)16(32)12(7)28/h6-37H,1-5H2/t6-,7-,8-,9-,10-,11+,12+,13+,14+,15+,16?,17?,18?,19?,20?,21-,22+,23-,24+,25-/m1/s1. The second kappa shape index (κ2) is 15.4. The summed E-state index contributed by atoms with van der Waals surface area (Å²) in [5.74, 6) is 0. The summed E-state index contributed by atoms with van der Waals surface area (Å²) in [7, 11) is 0. The zero-order valence-electron chi connectivity index (χ0n) is 24.1. The van der Waals surface area contributed by atoms with Gasteiger partial charge in [0.1, 0.15) is 91.6 Å². The van der Waals surface area contributed by atoms with Crippen LogP contribution in [0.1, 0.15) is 0 Å². The minimum atomic E-state index is -1.78. The first-order valence-corrected chi connectivity index (χ1v) is 14.6. The fourth-order valence-corrected chi connectivity index (χ4v) is 5.51. The maximum absolute atomic E-state index is 10.7. The van der Waals surface area contributed by atoms with Gasteiger partial charge in [0.05, 0.1) is 33.0 Å².